The van der Waals surface area contributed by atoms with Crippen LogP contribution >= 0.6 is 0 Å². The summed E-state index contributed by atoms with van der Waals surface area (Å²) in [5.74, 6) is -0.467. The molecule has 29 heavy (non-hydrogen) atoms. The summed E-state index contributed by atoms with van der Waals surface area (Å²) in [7, 11) is -2.40. The SMILES string of the molecule is Cc1ccc(S(=O)(=O)NCCC(=O)N(C)Cc2ccccc2C(F)(F)F)c(C)c1. The zero-order chi connectivity index (χ0) is 21.8. The van der Waals surface area contributed by atoms with Gasteiger partial charge in [-0.2, -0.15) is 13.2 Å². The molecule has 5 nitrogen and oxygen atoms in total. The molecule has 2 aromatic carbocycles. The van der Waals surface area contributed by atoms with E-state index in [4.69, 9.17) is 0 Å². The Morgan fingerprint density at radius 1 is 1.10 bits per heavy atom. The first-order valence-electron chi connectivity index (χ1n) is 8.88. The van der Waals surface area contributed by atoms with E-state index in [1.807, 2.05) is 6.92 Å². The summed E-state index contributed by atoms with van der Waals surface area (Å²) in [6.45, 7) is 3.15. The van der Waals surface area contributed by atoms with Crippen LogP contribution in [0.1, 0.15) is 28.7 Å². The first-order chi connectivity index (χ1) is 13.4. The summed E-state index contributed by atoms with van der Waals surface area (Å²) in [5, 5.41) is 0. The van der Waals surface area contributed by atoms with Gasteiger partial charge in [0.2, 0.25) is 15.9 Å². The number of hydrogen-bond donors (Lipinski definition) is 1. The summed E-state index contributed by atoms with van der Waals surface area (Å²) < 4.78 is 66.4. The van der Waals surface area contributed by atoms with Crippen molar-refractivity contribution in [2.24, 2.45) is 0 Å². The summed E-state index contributed by atoms with van der Waals surface area (Å²) in [6, 6.07) is 9.96. The van der Waals surface area contributed by atoms with Crippen molar-refractivity contribution in [3.05, 3.63) is 64.7 Å². The molecular formula is C20H23F3N2O3S. The Morgan fingerprint density at radius 2 is 1.76 bits per heavy atom. The van der Waals surface area contributed by atoms with E-state index in [1.165, 1.54) is 31.3 Å². The normalized spacial score (nSPS) is 12.1. The number of amides is 1. The summed E-state index contributed by atoms with van der Waals surface area (Å²) >= 11 is 0. The standard InChI is InChI=1S/C20H23F3N2O3S/c1-14-8-9-18(15(2)12-14)29(27,28)24-11-10-19(26)25(3)13-16-6-4-5-7-17(16)20(21,22)23/h4-9,12,24H,10-11,13H2,1-3H3. The lowest BCUT2D eigenvalue weighted by Crippen LogP contribution is -2.32. The van der Waals surface area contributed by atoms with Crippen molar-refractivity contribution in [1.29, 1.82) is 0 Å². The van der Waals surface area contributed by atoms with Crippen molar-refractivity contribution in [3.8, 4) is 0 Å². The maximum absolute atomic E-state index is 13.1. The molecule has 1 N–H and O–H groups in total. The Balaban J connectivity index is 1.98. The van der Waals surface area contributed by atoms with Crippen LogP contribution in [0.3, 0.4) is 0 Å². The van der Waals surface area contributed by atoms with Crippen molar-refractivity contribution >= 4 is 15.9 Å². The van der Waals surface area contributed by atoms with Crippen LogP contribution in [0.25, 0.3) is 0 Å². The molecule has 0 aliphatic rings. The van der Waals surface area contributed by atoms with Crippen LogP contribution in [0.4, 0.5) is 13.2 Å². The number of nitrogens with one attached hydrogen (secondary N) is 1. The van der Waals surface area contributed by atoms with Crippen molar-refractivity contribution in [3.63, 3.8) is 0 Å². The molecular weight excluding hydrogens is 405 g/mol. The molecule has 0 bridgehead atoms. The highest BCUT2D eigenvalue weighted by Gasteiger charge is 2.33. The highest BCUT2D eigenvalue weighted by Crippen LogP contribution is 2.32. The molecule has 0 radical (unpaired) electrons. The third kappa shape index (κ3) is 6.04. The molecule has 0 saturated carbocycles. The van der Waals surface area contributed by atoms with E-state index in [1.54, 1.807) is 19.1 Å². The number of halogens is 3. The molecule has 0 aliphatic heterocycles. The minimum Gasteiger partial charge on any atom is -0.341 e. The molecule has 0 heterocycles. The van der Waals surface area contributed by atoms with Gasteiger partial charge in [-0.3, -0.25) is 4.79 Å². The van der Waals surface area contributed by atoms with Gasteiger partial charge in [0.1, 0.15) is 0 Å². The van der Waals surface area contributed by atoms with Crippen molar-refractivity contribution in [2.75, 3.05) is 13.6 Å². The number of carbonyl (C=O) groups is 1. The molecule has 0 unspecified atom stereocenters. The molecule has 0 aliphatic carbocycles. The van der Waals surface area contributed by atoms with E-state index in [2.05, 4.69) is 4.72 Å². The van der Waals surface area contributed by atoms with E-state index >= 15 is 0 Å². The number of aryl methyl sites for hydroxylation is 2. The number of hydrogen-bond acceptors (Lipinski definition) is 3. The van der Waals surface area contributed by atoms with Gasteiger partial charge in [0.25, 0.3) is 0 Å². The zero-order valence-electron chi connectivity index (χ0n) is 16.4. The van der Waals surface area contributed by atoms with Crippen molar-refractivity contribution in [1.82, 2.24) is 9.62 Å². The fourth-order valence-electron chi connectivity index (χ4n) is 2.94. The number of nitrogens with zero attached hydrogens (tertiary/aromatic N) is 1. The number of benzene rings is 2. The fourth-order valence-corrected chi connectivity index (χ4v) is 4.20. The lowest BCUT2D eigenvalue weighted by molar-refractivity contribution is -0.139. The zero-order valence-corrected chi connectivity index (χ0v) is 17.2. The van der Waals surface area contributed by atoms with Gasteiger partial charge in [-0.1, -0.05) is 35.9 Å². The molecule has 0 fully saturated rings. The second-order valence-corrected chi connectivity index (χ2v) is 8.56. The second-order valence-electron chi connectivity index (χ2n) is 6.82. The molecule has 1 amide bonds. The summed E-state index contributed by atoms with van der Waals surface area (Å²) in [6.07, 6.45) is -4.68. The Kier molecular flexibility index (Phi) is 7.07. The van der Waals surface area contributed by atoms with Gasteiger partial charge >= 0.3 is 6.18 Å². The summed E-state index contributed by atoms with van der Waals surface area (Å²) in [4.78, 5) is 13.5. The van der Waals surface area contributed by atoms with E-state index in [0.717, 1.165) is 16.5 Å². The van der Waals surface area contributed by atoms with Gasteiger partial charge < -0.3 is 4.90 Å². The smallest absolute Gasteiger partial charge is 0.341 e. The quantitative estimate of drug-likeness (QED) is 0.732. The molecule has 2 aromatic rings. The van der Waals surface area contributed by atoms with Crippen LogP contribution in [0.5, 0.6) is 0 Å². The van der Waals surface area contributed by atoms with Gasteiger partial charge in [-0.25, -0.2) is 13.1 Å². The third-order valence-corrected chi connectivity index (χ3v) is 6.03. The topological polar surface area (TPSA) is 66.5 Å². The third-order valence-electron chi connectivity index (χ3n) is 4.41. The number of carbonyl (C=O) groups excluding carboxylic acids is 1. The number of alkyl halides is 3. The number of rotatable bonds is 7. The minimum absolute atomic E-state index is 0.0216. The van der Waals surface area contributed by atoms with Crippen molar-refractivity contribution < 1.29 is 26.4 Å². The Hall–Kier alpha value is -2.39. The van der Waals surface area contributed by atoms with Crippen LogP contribution in [0, 0.1) is 13.8 Å². The lowest BCUT2D eigenvalue weighted by Gasteiger charge is -2.20. The predicted molar refractivity (Wildman–Crippen MR) is 104 cm³/mol. The molecule has 0 saturated heterocycles. The predicted octanol–water partition coefficient (Wildman–Crippen LogP) is 3.65. The molecule has 2 rings (SSSR count). The minimum atomic E-state index is -4.51. The highest BCUT2D eigenvalue weighted by atomic mass is 32.2. The fraction of sp³-hybridized carbons (Fsp3) is 0.350. The molecule has 9 heteroatoms. The van der Waals surface area contributed by atoms with Gasteiger partial charge in [0, 0.05) is 26.6 Å². The Bertz CT molecular complexity index is 989. The van der Waals surface area contributed by atoms with Gasteiger partial charge in [-0.05, 0) is 37.1 Å². The van der Waals surface area contributed by atoms with Crippen LogP contribution in [-0.4, -0.2) is 32.8 Å². The molecule has 0 atom stereocenters. The average Bonchev–Trinajstić information content (AvgIpc) is 2.60. The Labute approximate surface area is 168 Å². The highest BCUT2D eigenvalue weighted by molar-refractivity contribution is 7.89. The molecule has 0 aromatic heterocycles. The maximum Gasteiger partial charge on any atom is 0.416 e. The first-order valence-corrected chi connectivity index (χ1v) is 10.4. The first kappa shape index (κ1) is 22.9. The van der Waals surface area contributed by atoms with Crippen LogP contribution in [0.2, 0.25) is 0 Å². The van der Waals surface area contributed by atoms with E-state index in [0.29, 0.717) is 5.56 Å². The van der Waals surface area contributed by atoms with E-state index in [9.17, 15) is 26.4 Å². The number of sulfonamides is 1. The lowest BCUT2D eigenvalue weighted by atomic mass is 10.1. The average molecular weight is 428 g/mol. The second kappa shape index (κ2) is 8.96. The molecule has 158 valence electrons. The van der Waals surface area contributed by atoms with E-state index < -0.39 is 27.7 Å². The van der Waals surface area contributed by atoms with Crippen molar-refractivity contribution in [2.45, 2.75) is 37.9 Å². The van der Waals surface area contributed by atoms with Crippen LogP contribution in [-0.2, 0) is 27.5 Å². The Morgan fingerprint density at radius 3 is 2.38 bits per heavy atom. The summed E-state index contributed by atoms with van der Waals surface area (Å²) in [5.41, 5.74) is 0.698. The van der Waals surface area contributed by atoms with Gasteiger partial charge in [-0.15, -0.1) is 0 Å². The van der Waals surface area contributed by atoms with Crippen LogP contribution in [0.15, 0.2) is 47.4 Å². The maximum atomic E-state index is 13.1. The van der Waals surface area contributed by atoms with Crippen LogP contribution < -0.4 is 4.72 Å². The molecule has 0 spiro atoms. The van der Waals surface area contributed by atoms with Gasteiger partial charge in [0.05, 0.1) is 10.5 Å². The monoisotopic (exact) mass is 428 g/mol. The van der Waals surface area contributed by atoms with Gasteiger partial charge in [0.15, 0.2) is 0 Å². The largest absolute Gasteiger partial charge is 0.416 e. The van der Waals surface area contributed by atoms with E-state index in [-0.39, 0.29) is 30.0 Å².